The largest absolute Gasteiger partial charge is 0.441 e. The topological polar surface area (TPSA) is 122 Å². The summed E-state index contributed by atoms with van der Waals surface area (Å²) in [5, 5.41) is 16.9. The number of amides is 1. The van der Waals surface area contributed by atoms with Gasteiger partial charge in [-0.25, -0.2) is 14.4 Å². The van der Waals surface area contributed by atoms with Gasteiger partial charge in [-0.15, -0.1) is 11.3 Å². The maximum atomic E-state index is 17.2. The minimum atomic E-state index is -2.15. The normalized spacial score (nSPS) is 40.6. The Balaban J connectivity index is 1.36. The van der Waals surface area contributed by atoms with E-state index in [1.165, 1.54) is 24.6 Å². The van der Waals surface area contributed by atoms with Gasteiger partial charge in [-0.1, -0.05) is 25.5 Å². The third-order valence-electron chi connectivity index (χ3n) is 9.73. The van der Waals surface area contributed by atoms with Crippen LogP contribution in [0, 0.1) is 28.6 Å². The van der Waals surface area contributed by atoms with Gasteiger partial charge >= 0.3 is 5.91 Å². The second-order valence-electron chi connectivity index (χ2n) is 11.3. The highest BCUT2D eigenvalue weighted by molar-refractivity contribution is 7.14. The average molecular weight is 526 g/mol. The van der Waals surface area contributed by atoms with E-state index in [0.29, 0.717) is 30.5 Å². The molecule has 0 spiro atoms. The van der Waals surface area contributed by atoms with Crippen molar-refractivity contribution >= 4 is 33.9 Å². The summed E-state index contributed by atoms with van der Waals surface area (Å²) in [6, 6.07) is 0. The van der Waals surface area contributed by atoms with E-state index in [4.69, 9.17) is 4.42 Å². The Morgan fingerprint density at radius 2 is 2.08 bits per heavy atom. The Morgan fingerprint density at radius 1 is 1.30 bits per heavy atom. The van der Waals surface area contributed by atoms with Gasteiger partial charge in [0.25, 0.3) is 5.89 Å². The molecule has 2 aromatic rings. The first-order valence-electron chi connectivity index (χ1n) is 12.5. The molecule has 7 atom stereocenters. The quantitative estimate of drug-likeness (QED) is 0.609. The smallest absolute Gasteiger partial charge is 0.313 e. The van der Waals surface area contributed by atoms with Crippen LogP contribution >= 0.6 is 11.3 Å². The number of alkyl halides is 1. The van der Waals surface area contributed by atoms with Crippen LogP contribution in [0.3, 0.4) is 0 Å². The van der Waals surface area contributed by atoms with Gasteiger partial charge in [-0.2, -0.15) is 0 Å². The highest BCUT2D eigenvalue weighted by Crippen LogP contribution is 2.71. The number of anilines is 1. The fourth-order valence-electron chi connectivity index (χ4n) is 7.81. The third kappa shape index (κ3) is 2.99. The molecule has 0 bridgehead atoms. The lowest BCUT2D eigenvalue weighted by Crippen LogP contribution is -2.66. The highest BCUT2D eigenvalue weighted by atomic mass is 32.1. The molecule has 10 heteroatoms. The number of Topliss-reactive ketones (excluding diaryl/α,β-unsaturated/α-hetero) is 1. The number of hydrogen-bond acceptors (Lipinski definition) is 8. The van der Waals surface area contributed by atoms with Crippen molar-refractivity contribution in [2.75, 3.05) is 5.32 Å². The first-order chi connectivity index (χ1) is 17.4. The molecule has 2 aromatic heterocycles. The van der Waals surface area contributed by atoms with E-state index in [1.54, 1.807) is 18.4 Å². The lowest BCUT2D eigenvalue weighted by Gasteiger charge is -2.59. The molecule has 0 aliphatic heterocycles. The second-order valence-corrected chi connectivity index (χ2v) is 12.2. The van der Waals surface area contributed by atoms with Gasteiger partial charge in [-0.05, 0) is 50.2 Å². The summed E-state index contributed by atoms with van der Waals surface area (Å²) in [7, 11) is 0. The van der Waals surface area contributed by atoms with E-state index in [2.05, 4.69) is 15.3 Å². The molecule has 8 nitrogen and oxygen atoms in total. The second kappa shape index (κ2) is 7.77. The van der Waals surface area contributed by atoms with Crippen molar-refractivity contribution in [1.82, 2.24) is 9.97 Å². The molecule has 0 unspecified atom stereocenters. The molecule has 1 amide bonds. The molecule has 2 N–H and O–H groups in total. The molecule has 6 rings (SSSR count). The Labute approximate surface area is 217 Å². The van der Waals surface area contributed by atoms with Gasteiger partial charge in [0, 0.05) is 28.5 Å². The molecule has 3 saturated carbocycles. The van der Waals surface area contributed by atoms with Gasteiger partial charge in [0.15, 0.2) is 22.4 Å². The number of nitrogens with zero attached hydrogens (tertiary/aromatic N) is 2. The summed E-state index contributed by atoms with van der Waals surface area (Å²) < 4.78 is 22.2. The standard InChI is InChI=1S/C27H28FN3O5S/c1-14-10-18-17-5-4-15-11-16(32)6-7-24(15,2)26(17,28)20(33)12-25(18,3)27(14,35)19-13-37-23(30-19)31-21(34)22-29-8-9-36-22/h6-9,11,13-14,17-18,35H,4-5,10,12H2,1-3H3,(H,30,31,34)/t14-,17+,18+,24+,25+,26+,27+/m1/s1. The minimum absolute atomic E-state index is 0.105. The van der Waals surface area contributed by atoms with Gasteiger partial charge < -0.3 is 9.52 Å². The van der Waals surface area contributed by atoms with Crippen molar-refractivity contribution in [1.29, 1.82) is 0 Å². The Kier molecular flexibility index (Phi) is 5.11. The Bertz CT molecular complexity index is 1380. The fraction of sp³-hybridized carbons (Fsp3) is 0.519. The predicted octanol–water partition coefficient (Wildman–Crippen LogP) is 4.40. The van der Waals surface area contributed by atoms with E-state index in [1.807, 2.05) is 13.8 Å². The van der Waals surface area contributed by atoms with E-state index in [0.717, 1.165) is 11.3 Å². The van der Waals surface area contributed by atoms with Crippen LogP contribution < -0.4 is 5.32 Å². The summed E-state index contributed by atoms with van der Waals surface area (Å²) in [5.41, 5.74) is -4.74. The van der Waals surface area contributed by atoms with Gasteiger partial charge in [0.2, 0.25) is 0 Å². The Hall–Kier alpha value is -2.98. The molecule has 37 heavy (non-hydrogen) atoms. The lowest BCUT2D eigenvalue weighted by atomic mass is 9.45. The monoisotopic (exact) mass is 525 g/mol. The number of aromatic nitrogens is 2. The van der Waals surface area contributed by atoms with E-state index >= 15 is 4.39 Å². The molecule has 3 fully saturated rings. The van der Waals surface area contributed by atoms with E-state index < -0.39 is 39.7 Å². The van der Waals surface area contributed by atoms with Crippen LogP contribution in [0.1, 0.15) is 62.8 Å². The summed E-state index contributed by atoms with van der Waals surface area (Å²) in [6.45, 7) is 5.51. The van der Waals surface area contributed by atoms with Crippen LogP contribution in [0.5, 0.6) is 0 Å². The number of carbonyl (C=O) groups excluding carboxylic acids is 3. The molecular weight excluding hydrogens is 497 g/mol. The lowest BCUT2D eigenvalue weighted by molar-refractivity contribution is -0.185. The van der Waals surface area contributed by atoms with Crippen molar-refractivity contribution in [2.24, 2.45) is 28.6 Å². The zero-order valence-electron chi connectivity index (χ0n) is 20.8. The average Bonchev–Trinajstić information content (AvgIpc) is 3.58. The van der Waals surface area contributed by atoms with E-state index in [9.17, 15) is 19.5 Å². The minimum Gasteiger partial charge on any atom is -0.441 e. The van der Waals surface area contributed by atoms with Crippen LogP contribution in [0.2, 0.25) is 0 Å². The van der Waals surface area contributed by atoms with Crippen molar-refractivity contribution in [3.63, 3.8) is 0 Å². The summed E-state index contributed by atoms with van der Waals surface area (Å²) in [6.07, 6.45) is 8.43. The maximum absolute atomic E-state index is 17.2. The number of nitrogens with one attached hydrogen (secondary N) is 1. The van der Waals surface area contributed by atoms with Gasteiger partial charge in [0.05, 0.1) is 11.9 Å². The van der Waals surface area contributed by atoms with Crippen molar-refractivity contribution in [3.8, 4) is 0 Å². The number of oxazole rings is 1. The molecular formula is C27H28FN3O5S. The number of rotatable bonds is 3. The first kappa shape index (κ1) is 24.4. The SMILES string of the molecule is C[C@@H]1C[C@H]2[C@@H]3CCC4=CC(=O)C=C[C@]4(C)[C@@]3(F)C(=O)C[C@]2(C)[C@@]1(O)c1csc(NC(=O)c2ncco2)n1. The number of carbonyl (C=O) groups is 3. The summed E-state index contributed by atoms with van der Waals surface area (Å²) in [5.74, 6) is -2.56. The van der Waals surface area contributed by atoms with Crippen LogP contribution in [0.15, 0.2) is 46.1 Å². The number of aliphatic hydroxyl groups is 1. The third-order valence-corrected chi connectivity index (χ3v) is 10.5. The highest BCUT2D eigenvalue weighted by Gasteiger charge is 2.75. The van der Waals surface area contributed by atoms with Crippen molar-refractivity contribution in [2.45, 2.75) is 57.7 Å². The van der Waals surface area contributed by atoms with Crippen molar-refractivity contribution in [3.05, 3.63) is 53.2 Å². The number of halogens is 1. The van der Waals surface area contributed by atoms with Crippen LogP contribution in [0.25, 0.3) is 0 Å². The summed E-state index contributed by atoms with van der Waals surface area (Å²) >= 11 is 1.16. The molecule has 2 heterocycles. The van der Waals surface area contributed by atoms with Crippen LogP contribution in [-0.2, 0) is 15.2 Å². The first-order valence-corrected chi connectivity index (χ1v) is 13.4. The predicted molar refractivity (Wildman–Crippen MR) is 132 cm³/mol. The molecule has 4 aliphatic rings. The fourth-order valence-corrected chi connectivity index (χ4v) is 8.57. The van der Waals surface area contributed by atoms with Gasteiger partial charge in [0.1, 0.15) is 11.9 Å². The number of thiazole rings is 1. The zero-order valence-corrected chi connectivity index (χ0v) is 21.6. The summed E-state index contributed by atoms with van der Waals surface area (Å²) in [4.78, 5) is 46.6. The molecule has 0 aromatic carbocycles. The number of allylic oxidation sites excluding steroid dienone is 4. The van der Waals surface area contributed by atoms with Crippen LogP contribution in [-0.4, -0.2) is 38.2 Å². The molecule has 0 radical (unpaired) electrons. The Morgan fingerprint density at radius 3 is 2.81 bits per heavy atom. The molecule has 4 aliphatic carbocycles. The number of ketones is 2. The van der Waals surface area contributed by atoms with Crippen molar-refractivity contribution < 1.29 is 28.3 Å². The number of fused-ring (bicyclic) bond motifs is 5. The molecule has 194 valence electrons. The van der Waals surface area contributed by atoms with E-state index in [-0.39, 0.29) is 35.1 Å². The zero-order chi connectivity index (χ0) is 26.4. The van der Waals surface area contributed by atoms with Crippen LogP contribution in [0.4, 0.5) is 9.52 Å². The maximum Gasteiger partial charge on any atom is 0.313 e. The number of hydrogen-bond donors (Lipinski definition) is 2. The molecule has 0 saturated heterocycles. The van der Waals surface area contributed by atoms with Gasteiger partial charge in [-0.3, -0.25) is 19.7 Å².